The van der Waals surface area contributed by atoms with Crippen LogP contribution < -0.4 is 5.32 Å². The zero-order valence-electron chi connectivity index (χ0n) is 11.3. The van der Waals surface area contributed by atoms with Gasteiger partial charge in [0, 0.05) is 26.2 Å². The van der Waals surface area contributed by atoms with Crippen molar-refractivity contribution >= 4 is 5.71 Å². The molecule has 1 N–H and O–H groups in total. The molecule has 1 aromatic rings. The highest BCUT2D eigenvalue weighted by molar-refractivity contribution is 6.02. The molecule has 0 unspecified atom stereocenters. The molecule has 0 radical (unpaired) electrons. The molecule has 0 atom stereocenters. The quantitative estimate of drug-likeness (QED) is 0.756. The molecule has 1 aliphatic rings. The Kier molecular flexibility index (Phi) is 5.07. The molecule has 0 spiro atoms. The number of nitrogens with zero attached hydrogens (tertiary/aromatic N) is 2. The van der Waals surface area contributed by atoms with Crippen LogP contribution >= 0.6 is 0 Å². The molecule has 1 aromatic carbocycles. The van der Waals surface area contributed by atoms with Crippen molar-refractivity contribution in [2.75, 3.05) is 26.3 Å². The molecule has 100 valence electrons. The Labute approximate surface area is 115 Å². The van der Waals surface area contributed by atoms with Crippen molar-refractivity contribution in [1.82, 2.24) is 10.2 Å². The Hall–Kier alpha value is -1.71. The molecule has 3 heteroatoms. The Morgan fingerprint density at radius 1 is 1.16 bits per heavy atom. The lowest BCUT2D eigenvalue weighted by Crippen LogP contribution is -2.23. The van der Waals surface area contributed by atoms with Crippen molar-refractivity contribution in [2.24, 2.45) is 4.99 Å². The third kappa shape index (κ3) is 3.88. The van der Waals surface area contributed by atoms with E-state index in [1.807, 2.05) is 12.2 Å². The van der Waals surface area contributed by atoms with E-state index in [4.69, 9.17) is 0 Å². The van der Waals surface area contributed by atoms with Gasteiger partial charge in [-0.05, 0) is 11.1 Å². The van der Waals surface area contributed by atoms with Gasteiger partial charge >= 0.3 is 0 Å². The zero-order chi connectivity index (χ0) is 13.5. The topological polar surface area (TPSA) is 27.6 Å². The maximum absolute atomic E-state index is 4.42. The Bertz CT molecular complexity index is 449. The summed E-state index contributed by atoms with van der Waals surface area (Å²) in [5, 5.41) is 3.22. The highest BCUT2D eigenvalue weighted by atomic mass is 15.1. The molecule has 0 fully saturated rings. The summed E-state index contributed by atoms with van der Waals surface area (Å²) in [6.07, 6.45) is 3.85. The summed E-state index contributed by atoms with van der Waals surface area (Å²) in [6, 6.07) is 8.66. The van der Waals surface area contributed by atoms with Crippen LogP contribution in [0.15, 0.2) is 54.6 Å². The summed E-state index contributed by atoms with van der Waals surface area (Å²) in [7, 11) is 0. The Morgan fingerprint density at radius 3 is 2.37 bits per heavy atom. The Morgan fingerprint density at radius 2 is 1.84 bits per heavy atom. The van der Waals surface area contributed by atoms with E-state index in [0.29, 0.717) is 0 Å². The third-order valence-electron chi connectivity index (χ3n) is 3.14. The van der Waals surface area contributed by atoms with E-state index < -0.39 is 0 Å². The van der Waals surface area contributed by atoms with E-state index in [-0.39, 0.29) is 0 Å². The largest absolute Gasteiger partial charge is 0.293 e. The van der Waals surface area contributed by atoms with Gasteiger partial charge in [0.15, 0.2) is 0 Å². The predicted octanol–water partition coefficient (Wildman–Crippen LogP) is 2.21. The standard InChI is InChI=1S/C16H21N3/c1-3-9-19(10-4-2)12-14-5-7-15(8-6-14)16-11-17-13-18-16/h3-8,17H,1-2,9-13H2. The van der Waals surface area contributed by atoms with Gasteiger partial charge in [-0.3, -0.25) is 15.2 Å². The first-order chi connectivity index (χ1) is 9.33. The molecule has 0 aliphatic carbocycles. The number of benzene rings is 1. The molecule has 0 amide bonds. The van der Waals surface area contributed by atoms with Crippen molar-refractivity contribution in [3.63, 3.8) is 0 Å². The van der Waals surface area contributed by atoms with Crippen LogP contribution in [0, 0.1) is 0 Å². The predicted molar refractivity (Wildman–Crippen MR) is 81.5 cm³/mol. The Balaban J connectivity index is 2.00. The fourth-order valence-electron chi connectivity index (χ4n) is 2.20. The molecular weight excluding hydrogens is 234 g/mol. The van der Waals surface area contributed by atoms with Crippen molar-refractivity contribution in [3.8, 4) is 0 Å². The monoisotopic (exact) mass is 255 g/mol. The van der Waals surface area contributed by atoms with Crippen LogP contribution in [0.2, 0.25) is 0 Å². The highest BCUT2D eigenvalue weighted by Gasteiger charge is 2.08. The molecule has 0 bridgehead atoms. The molecular formula is C16H21N3. The summed E-state index contributed by atoms with van der Waals surface area (Å²) in [6.45, 7) is 11.9. The first kappa shape index (κ1) is 13.7. The molecule has 2 rings (SSSR count). The normalized spacial score (nSPS) is 14.5. The summed E-state index contributed by atoms with van der Waals surface area (Å²) >= 11 is 0. The number of hydrogen-bond acceptors (Lipinski definition) is 3. The number of hydrogen-bond donors (Lipinski definition) is 1. The van der Waals surface area contributed by atoms with Crippen molar-refractivity contribution < 1.29 is 0 Å². The molecule has 3 nitrogen and oxygen atoms in total. The van der Waals surface area contributed by atoms with Crippen LogP contribution in [-0.2, 0) is 6.54 Å². The summed E-state index contributed by atoms with van der Waals surface area (Å²) in [5.41, 5.74) is 3.67. The van der Waals surface area contributed by atoms with Gasteiger partial charge in [-0.25, -0.2) is 0 Å². The molecule has 0 saturated heterocycles. The van der Waals surface area contributed by atoms with Crippen LogP contribution in [0.5, 0.6) is 0 Å². The van der Waals surface area contributed by atoms with Crippen LogP contribution in [0.4, 0.5) is 0 Å². The average Bonchev–Trinajstić information content (AvgIpc) is 2.94. The maximum Gasteiger partial charge on any atom is 0.0891 e. The zero-order valence-corrected chi connectivity index (χ0v) is 11.3. The fourth-order valence-corrected chi connectivity index (χ4v) is 2.20. The minimum absolute atomic E-state index is 0.740. The smallest absolute Gasteiger partial charge is 0.0891 e. The molecule has 1 aliphatic heterocycles. The highest BCUT2D eigenvalue weighted by Crippen LogP contribution is 2.10. The molecule has 0 aromatic heterocycles. The lowest BCUT2D eigenvalue weighted by Gasteiger charge is -2.18. The van der Waals surface area contributed by atoms with Gasteiger partial charge in [-0.2, -0.15) is 0 Å². The number of aliphatic imine (C=N–C) groups is 1. The lowest BCUT2D eigenvalue weighted by molar-refractivity contribution is 0.328. The lowest BCUT2D eigenvalue weighted by atomic mass is 10.1. The van der Waals surface area contributed by atoms with Crippen molar-refractivity contribution in [3.05, 3.63) is 60.7 Å². The van der Waals surface area contributed by atoms with Crippen molar-refractivity contribution in [1.29, 1.82) is 0 Å². The first-order valence-electron chi connectivity index (χ1n) is 6.61. The summed E-state index contributed by atoms with van der Waals surface area (Å²) in [4.78, 5) is 6.72. The minimum Gasteiger partial charge on any atom is -0.293 e. The van der Waals surface area contributed by atoms with Crippen LogP contribution in [0.3, 0.4) is 0 Å². The number of rotatable bonds is 7. The second kappa shape index (κ2) is 7.02. The van der Waals surface area contributed by atoms with Gasteiger partial charge in [0.05, 0.1) is 12.4 Å². The minimum atomic E-state index is 0.740. The van der Waals surface area contributed by atoms with E-state index in [9.17, 15) is 0 Å². The van der Waals surface area contributed by atoms with Gasteiger partial charge in [-0.15, -0.1) is 13.2 Å². The van der Waals surface area contributed by atoms with E-state index in [1.54, 1.807) is 0 Å². The van der Waals surface area contributed by atoms with Gasteiger partial charge in [-0.1, -0.05) is 36.4 Å². The molecule has 1 heterocycles. The SMILES string of the molecule is C=CCN(CC=C)Cc1ccc(C2=NCNC2)cc1. The average molecular weight is 255 g/mol. The van der Waals surface area contributed by atoms with Gasteiger partial charge in [0.25, 0.3) is 0 Å². The molecule has 0 saturated carbocycles. The summed E-state index contributed by atoms with van der Waals surface area (Å²) < 4.78 is 0. The fraction of sp³-hybridized carbons (Fsp3) is 0.312. The third-order valence-corrected chi connectivity index (χ3v) is 3.14. The van der Waals surface area contributed by atoms with E-state index >= 15 is 0 Å². The van der Waals surface area contributed by atoms with Crippen molar-refractivity contribution in [2.45, 2.75) is 6.54 Å². The second-order valence-electron chi connectivity index (χ2n) is 4.66. The second-order valence-corrected chi connectivity index (χ2v) is 4.66. The van der Waals surface area contributed by atoms with E-state index in [2.05, 4.69) is 52.6 Å². The first-order valence-corrected chi connectivity index (χ1v) is 6.61. The van der Waals surface area contributed by atoms with E-state index in [0.717, 1.165) is 38.6 Å². The molecule has 19 heavy (non-hydrogen) atoms. The van der Waals surface area contributed by atoms with Gasteiger partial charge in [0.1, 0.15) is 0 Å². The van der Waals surface area contributed by atoms with Crippen LogP contribution in [0.1, 0.15) is 11.1 Å². The van der Waals surface area contributed by atoms with Crippen LogP contribution in [0.25, 0.3) is 0 Å². The van der Waals surface area contributed by atoms with Crippen LogP contribution in [-0.4, -0.2) is 36.9 Å². The summed E-state index contributed by atoms with van der Waals surface area (Å²) in [5.74, 6) is 0. The van der Waals surface area contributed by atoms with Gasteiger partial charge < -0.3 is 0 Å². The number of nitrogens with one attached hydrogen (secondary N) is 1. The van der Waals surface area contributed by atoms with Gasteiger partial charge in [0.2, 0.25) is 0 Å². The van der Waals surface area contributed by atoms with E-state index in [1.165, 1.54) is 11.1 Å². The maximum atomic E-state index is 4.42.